The zero-order valence-electron chi connectivity index (χ0n) is 14.6. The quantitative estimate of drug-likeness (QED) is 0.549. The molecule has 3 aromatic rings. The van der Waals surface area contributed by atoms with Crippen LogP contribution < -0.4 is 4.74 Å². The number of ether oxygens (including phenoxy) is 1. The van der Waals surface area contributed by atoms with Crippen LogP contribution in [0.4, 0.5) is 0 Å². The summed E-state index contributed by atoms with van der Waals surface area (Å²) in [7, 11) is 0. The van der Waals surface area contributed by atoms with Crippen LogP contribution >= 0.6 is 11.3 Å². The number of benzene rings is 2. The van der Waals surface area contributed by atoms with Gasteiger partial charge in [-0.05, 0) is 12.5 Å². The van der Waals surface area contributed by atoms with E-state index in [-0.39, 0.29) is 12.3 Å². The van der Waals surface area contributed by atoms with E-state index in [9.17, 15) is 14.7 Å². The molecule has 2 unspecified atom stereocenters. The van der Waals surface area contributed by atoms with Gasteiger partial charge in [-0.15, -0.1) is 11.3 Å². The summed E-state index contributed by atoms with van der Waals surface area (Å²) in [6.07, 6.45) is -0.195. The third-order valence-electron chi connectivity index (χ3n) is 4.66. The molecule has 136 valence electrons. The van der Waals surface area contributed by atoms with Crippen molar-refractivity contribution >= 4 is 23.3 Å². The number of para-hydroxylation sites is 1. The third-order valence-corrected chi connectivity index (χ3v) is 5.70. The molecule has 1 aliphatic heterocycles. The first-order chi connectivity index (χ1) is 13.0. The van der Waals surface area contributed by atoms with Gasteiger partial charge in [0.2, 0.25) is 0 Å². The highest BCUT2D eigenvalue weighted by Gasteiger charge is 2.42. The molecule has 1 aliphatic rings. The lowest BCUT2D eigenvalue weighted by Gasteiger charge is -2.32. The van der Waals surface area contributed by atoms with Crippen LogP contribution in [0.5, 0.6) is 5.75 Å². The molecule has 5 nitrogen and oxygen atoms in total. The van der Waals surface area contributed by atoms with E-state index in [4.69, 9.17) is 4.74 Å². The van der Waals surface area contributed by atoms with E-state index >= 15 is 0 Å². The van der Waals surface area contributed by atoms with E-state index in [0.717, 1.165) is 16.8 Å². The second-order valence-corrected chi connectivity index (χ2v) is 7.41. The van der Waals surface area contributed by atoms with E-state index < -0.39 is 17.9 Å². The molecule has 2 heterocycles. The molecule has 0 saturated carbocycles. The van der Waals surface area contributed by atoms with Gasteiger partial charge in [0.05, 0.1) is 6.42 Å². The Balaban J connectivity index is 1.91. The molecular formula is C21H17NO4S. The number of rotatable bonds is 4. The molecule has 1 N–H and O–H groups in total. The largest absolute Gasteiger partial charge is 0.481 e. The summed E-state index contributed by atoms with van der Waals surface area (Å²) in [6.45, 7) is 1.89. The number of carboxylic acid groups (broad SMARTS) is 1. The van der Waals surface area contributed by atoms with Crippen molar-refractivity contribution in [1.29, 1.82) is 0 Å². The van der Waals surface area contributed by atoms with Gasteiger partial charge in [-0.2, -0.15) is 0 Å². The molecule has 6 heteroatoms. The molecule has 1 aromatic heterocycles. The molecule has 0 spiro atoms. The Kier molecular flexibility index (Phi) is 4.49. The fraction of sp³-hybridized carbons (Fsp3) is 0.190. The number of esters is 1. The van der Waals surface area contributed by atoms with Gasteiger partial charge >= 0.3 is 11.9 Å². The summed E-state index contributed by atoms with van der Waals surface area (Å²) >= 11 is 1.44. The van der Waals surface area contributed by atoms with Crippen molar-refractivity contribution in [3.8, 4) is 5.75 Å². The molecule has 0 bridgehead atoms. The van der Waals surface area contributed by atoms with Gasteiger partial charge in [0, 0.05) is 28.1 Å². The minimum Gasteiger partial charge on any atom is -0.481 e. The number of aromatic nitrogens is 1. The van der Waals surface area contributed by atoms with Crippen LogP contribution in [0.3, 0.4) is 0 Å². The summed E-state index contributed by atoms with van der Waals surface area (Å²) in [5.41, 5.74) is 3.15. The van der Waals surface area contributed by atoms with Gasteiger partial charge in [-0.25, -0.2) is 4.98 Å². The fourth-order valence-corrected chi connectivity index (χ4v) is 4.47. The van der Waals surface area contributed by atoms with E-state index in [2.05, 4.69) is 4.98 Å². The zero-order chi connectivity index (χ0) is 19.0. The number of hydrogen-bond acceptors (Lipinski definition) is 5. The summed E-state index contributed by atoms with van der Waals surface area (Å²) in [5, 5.41) is 11.8. The van der Waals surface area contributed by atoms with Crippen LogP contribution in [-0.2, 0) is 16.0 Å². The van der Waals surface area contributed by atoms with E-state index in [0.29, 0.717) is 16.3 Å². The Bertz CT molecular complexity index is 1010. The number of fused-ring (bicyclic) bond motifs is 1. The highest BCUT2D eigenvalue weighted by atomic mass is 32.1. The van der Waals surface area contributed by atoms with Crippen molar-refractivity contribution in [1.82, 2.24) is 4.98 Å². The van der Waals surface area contributed by atoms with Crippen LogP contribution in [0.15, 0.2) is 53.9 Å². The van der Waals surface area contributed by atoms with Crippen molar-refractivity contribution in [3.05, 3.63) is 81.3 Å². The molecule has 0 saturated heterocycles. The first-order valence-electron chi connectivity index (χ1n) is 8.57. The topological polar surface area (TPSA) is 76.5 Å². The lowest BCUT2D eigenvalue weighted by molar-refractivity contribution is -0.139. The molecule has 2 atom stereocenters. The molecule has 0 amide bonds. The average Bonchev–Trinajstić information content (AvgIpc) is 3.07. The van der Waals surface area contributed by atoms with Crippen LogP contribution in [0, 0.1) is 6.92 Å². The Hall–Kier alpha value is -2.99. The van der Waals surface area contributed by atoms with E-state index in [1.165, 1.54) is 11.3 Å². The maximum Gasteiger partial charge on any atom is 0.322 e. The maximum atomic E-state index is 13.0. The maximum absolute atomic E-state index is 13.0. The van der Waals surface area contributed by atoms with Gasteiger partial charge in [-0.1, -0.05) is 48.5 Å². The van der Waals surface area contributed by atoms with Crippen molar-refractivity contribution in [3.63, 3.8) is 0 Å². The molecule has 0 aliphatic carbocycles. The number of thiazole rings is 1. The monoisotopic (exact) mass is 379 g/mol. The number of aryl methyl sites for hydroxylation is 1. The zero-order valence-corrected chi connectivity index (χ0v) is 15.4. The van der Waals surface area contributed by atoms with E-state index in [1.54, 1.807) is 6.07 Å². The van der Waals surface area contributed by atoms with Crippen molar-refractivity contribution in [2.24, 2.45) is 0 Å². The number of nitrogens with zero attached hydrogens (tertiary/aromatic N) is 1. The number of hydrogen-bond donors (Lipinski definition) is 1. The van der Waals surface area contributed by atoms with Crippen molar-refractivity contribution < 1.29 is 19.4 Å². The Morgan fingerprint density at radius 2 is 1.93 bits per heavy atom. The molecule has 0 fully saturated rings. The lowest BCUT2D eigenvalue weighted by atomic mass is 9.78. The highest BCUT2D eigenvalue weighted by Crippen LogP contribution is 2.48. The van der Waals surface area contributed by atoms with Gasteiger partial charge in [0.25, 0.3) is 0 Å². The molecule has 2 aromatic carbocycles. The average molecular weight is 379 g/mol. The SMILES string of the molecule is Cc1csc(C2C(=O)Oc3c(CC(=O)O)cccc3C2c2ccccc2)n1. The highest BCUT2D eigenvalue weighted by molar-refractivity contribution is 7.09. The molecule has 4 rings (SSSR count). The van der Waals surface area contributed by atoms with Crippen molar-refractivity contribution in [2.75, 3.05) is 0 Å². The Morgan fingerprint density at radius 3 is 2.59 bits per heavy atom. The minimum absolute atomic E-state index is 0.195. The van der Waals surface area contributed by atoms with Crippen LogP contribution in [0.1, 0.15) is 39.2 Å². The molecular weight excluding hydrogens is 362 g/mol. The first-order valence-corrected chi connectivity index (χ1v) is 9.45. The van der Waals surface area contributed by atoms with E-state index in [1.807, 2.05) is 54.8 Å². The number of carbonyl (C=O) groups excluding carboxylic acids is 1. The van der Waals surface area contributed by atoms with Gasteiger partial charge in [-0.3, -0.25) is 9.59 Å². The first kappa shape index (κ1) is 17.4. The number of carbonyl (C=O) groups is 2. The van der Waals surface area contributed by atoms with Crippen LogP contribution in [-0.4, -0.2) is 22.0 Å². The second-order valence-electron chi connectivity index (χ2n) is 6.52. The lowest BCUT2D eigenvalue weighted by Crippen LogP contribution is -2.31. The predicted molar refractivity (Wildman–Crippen MR) is 101 cm³/mol. The fourth-order valence-electron chi connectivity index (χ4n) is 3.55. The summed E-state index contributed by atoms with van der Waals surface area (Å²) in [5.74, 6) is -1.83. The number of aliphatic carboxylic acids is 1. The second kappa shape index (κ2) is 6.96. The molecule has 27 heavy (non-hydrogen) atoms. The van der Waals surface area contributed by atoms with Crippen LogP contribution in [0.2, 0.25) is 0 Å². The summed E-state index contributed by atoms with van der Waals surface area (Å²) in [4.78, 5) is 28.7. The molecule has 0 radical (unpaired) electrons. The Morgan fingerprint density at radius 1 is 1.15 bits per heavy atom. The van der Waals surface area contributed by atoms with Gasteiger partial charge < -0.3 is 9.84 Å². The predicted octanol–water partition coefficient (Wildman–Crippen LogP) is 3.91. The third kappa shape index (κ3) is 3.24. The van der Waals surface area contributed by atoms with Crippen molar-refractivity contribution in [2.45, 2.75) is 25.2 Å². The minimum atomic E-state index is -0.964. The van der Waals surface area contributed by atoms with Gasteiger partial charge in [0.15, 0.2) is 0 Å². The van der Waals surface area contributed by atoms with Gasteiger partial charge in [0.1, 0.15) is 16.7 Å². The normalized spacial score (nSPS) is 18.6. The smallest absolute Gasteiger partial charge is 0.322 e. The summed E-state index contributed by atoms with van der Waals surface area (Å²) < 4.78 is 5.66. The van der Waals surface area contributed by atoms with Crippen LogP contribution in [0.25, 0.3) is 0 Å². The standard InChI is InChI=1S/C21H17NO4S/c1-12-11-27-20(22-12)18-17(13-6-3-2-4-7-13)15-9-5-8-14(10-16(23)24)19(15)26-21(18)25/h2-9,11,17-18H,10H2,1H3,(H,23,24). The number of carboxylic acids is 1. The Labute approximate surface area is 160 Å². The summed E-state index contributed by atoms with van der Waals surface area (Å²) in [6, 6.07) is 15.1.